The lowest BCUT2D eigenvalue weighted by atomic mass is 10.0. The molecule has 0 bridgehead atoms. The number of fused-ring (bicyclic) bond motifs is 1. The average Bonchev–Trinajstić information content (AvgIpc) is 3.46. The van der Waals surface area contributed by atoms with Crippen LogP contribution in [0, 0.1) is 0 Å². The predicted molar refractivity (Wildman–Crippen MR) is 105 cm³/mol. The summed E-state index contributed by atoms with van der Waals surface area (Å²) in [5.74, 6) is 0.581. The third-order valence-corrected chi connectivity index (χ3v) is 5.61. The maximum absolute atomic E-state index is 13.0. The summed E-state index contributed by atoms with van der Waals surface area (Å²) in [7, 11) is 1.63. The fourth-order valence-electron chi connectivity index (χ4n) is 3.85. The van der Waals surface area contributed by atoms with Crippen LogP contribution >= 0.6 is 11.6 Å². The van der Waals surface area contributed by atoms with Crippen molar-refractivity contribution in [1.82, 2.24) is 25.6 Å². The number of nitrogens with one attached hydrogen (secondary N) is 2. The maximum Gasteiger partial charge on any atom is 0.318 e. The molecule has 2 heterocycles. The molecule has 1 aromatic heterocycles. The Morgan fingerprint density at radius 3 is 2.89 bits per heavy atom. The number of carbonyl (C=O) groups is 2. The number of carbonyl (C=O) groups excluding carboxylic acids is 2. The van der Waals surface area contributed by atoms with Crippen LogP contribution in [-0.4, -0.2) is 59.2 Å². The van der Waals surface area contributed by atoms with Gasteiger partial charge in [0.15, 0.2) is 5.76 Å². The monoisotopic (exact) mass is 405 g/mol. The number of hydrogen-bond acceptors (Lipinski definition) is 4. The van der Waals surface area contributed by atoms with Gasteiger partial charge >= 0.3 is 12.1 Å². The summed E-state index contributed by atoms with van der Waals surface area (Å²) in [6, 6.07) is 5.39. The van der Waals surface area contributed by atoms with Crippen LogP contribution in [0.4, 0.5) is 9.59 Å². The molecule has 4 rings (SSSR count). The lowest BCUT2D eigenvalue weighted by molar-refractivity contribution is 0.115. The number of nitrogens with zero attached hydrogens (tertiary/aromatic N) is 3. The lowest BCUT2D eigenvalue weighted by Gasteiger charge is -2.39. The van der Waals surface area contributed by atoms with Gasteiger partial charge in [0.05, 0.1) is 12.6 Å². The highest BCUT2D eigenvalue weighted by Gasteiger charge is 2.39. The molecule has 0 radical (unpaired) electrons. The van der Waals surface area contributed by atoms with Crippen LogP contribution in [0.3, 0.4) is 0 Å². The Morgan fingerprint density at radius 2 is 2.14 bits per heavy atom. The Kier molecular flexibility index (Phi) is 5.30. The molecule has 28 heavy (non-hydrogen) atoms. The molecule has 1 aromatic carbocycles. The zero-order chi connectivity index (χ0) is 19.7. The molecule has 4 amide bonds. The molecule has 1 aliphatic carbocycles. The van der Waals surface area contributed by atoms with E-state index >= 15 is 0 Å². The number of halogens is 1. The number of urea groups is 2. The van der Waals surface area contributed by atoms with E-state index in [-0.39, 0.29) is 30.7 Å². The van der Waals surface area contributed by atoms with Gasteiger partial charge in [-0.3, -0.25) is 0 Å². The number of benzene rings is 1. The van der Waals surface area contributed by atoms with Gasteiger partial charge in [0, 0.05) is 36.6 Å². The third-order valence-electron chi connectivity index (χ3n) is 5.38. The van der Waals surface area contributed by atoms with Crippen LogP contribution in [0.15, 0.2) is 22.7 Å². The van der Waals surface area contributed by atoms with Crippen molar-refractivity contribution < 1.29 is 14.1 Å². The van der Waals surface area contributed by atoms with Crippen LogP contribution in [-0.2, 0) is 6.54 Å². The molecule has 9 heteroatoms. The van der Waals surface area contributed by atoms with E-state index in [2.05, 4.69) is 15.8 Å². The molecule has 150 valence electrons. The Bertz CT molecular complexity index is 882. The van der Waals surface area contributed by atoms with Gasteiger partial charge in [0.25, 0.3) is 0 Å². The summed E-state index contributed by atoms with van der Waals surface area (Å²) in [5.41, 5.74) is 0.709. The van der Waals surface area contributed by atoms with E-state index in [0.717, 1.165) is 37.6 Å². The zero-order valence-corrected chi connectivity index (χ0v) is 16.5. The number of piperidine rings is 1. The van der Waals surface area contributed by atoms with Gasteiger partial charge in [-0.2, -0.15) is 0 Å². The summed E-state index contributed by atoms with van der Waals surface area (Å²) in [6.45, 7) is 1.52. The van der Waals surface area contributed by atoms with Gasteiger partial charge in [-0.25, -0.2) is 9.59 Å². The fraction of sp³-hybridized carbons (Fsp3) is 0.526. The Morgan fingerprint density at radius 1 is 1.32 bits per heavy atom. The van der Waals surface area contributed by atoms with Gasteiger partial charge in [-0.05, 0) is 43.9 Å². The van der Waals surface area contributed by atoms with E-state index in [0.29, 0.717) is 22.8 Å². The molecule has 1 unspecified atom stereocenters. The highest BCUT2D eigenvalue weighted by Crippen LogP contribution is 2.31. The molecular weight excluding hydrogens is 382 g/mol. The second-order valence-electron chi connectivity index (χ2n) is 7.36. The first kappa shape index (κ1) is 18.9. The van der Waals surface area contributed by atoms with E-state index in [1.807, 2.05) is 4.90 Å². The van der Waals surface area contributed by atoms with Crippen LogP contribution < -0.4 is 10.6 Å². The average molecular weight is 406 g/mol. The largest absolute Gasteiger partial charge is 0.358 e. The Hall–Kier alpha value is -2.48. The van der Waals surface area contributed by atoms with E-state index in [9.17, 15) is 9.59 Å². The molecule has 2 N–H and O–H groups in total. The minimum Gasteiger partial charge on any atom is -0.358 e. The first-order valence-corrected chi connectivity index (χ1v) is 10.0. The van der Waals surface area contributed by atoms with Gasteiger partial charge < -0.3 is 25.0 Å². The second-order valence-corrected chi connectivity index (χ2v) is 7.80. The standard InChI is InChI=1S/C19H24ClN5O3/c1-21-18(26)24-8-2-3-14(11-24)25(13-5-6-13)19(27)22-10-17-15-9-12(20)4-7-16(15)23-28-17/h4,7,9,13-14H,2-3,5-6,8,10-11H2,1H3,(H,21,26)(H,22,27). The number of amides is 4. The fourth-order valence-corrected chi connectivity index (χ4v) is 4.02. The van der Waals surface area contributed by atoms with E-state index in [4.69, 9.17) is 16.1 Å². The molecule has 1 saturated carbocycles. The van der Waals surface area contributed by atoms with Crippen molar-refractivity contribution in [2.45, 2.75) is 44.3 Å². The van der Waals surface area contributed by atoms with Crippen molar-refractivity contribution in [2.24, 2.45) is 0 Å². The maximum atomic E-state index is 13.0. The minimum atomic E-state index is -0.127. The van der Waals surface area contributed by atoms with Crippen molar-refractivity contribution >= 4 is 34.6 Å². The summed E-state index contributed by atoms with van der Waals surface area (Å²) in [6.07, 6.45) is 3.80. The van der Waals surface area contributed by atoms with Gasteiger partial charge in [-0.1, -0.05) is 16.8 Å². The normalized spacial score (nSPS) is 19.5. The highest BCUT2D eigenvalue weighted by molar-refractivity contribution is 6.31. The summed E-state index contributed by atoms with van der Waals surface area (Å²) in [4.78, 5) is 28.7. The lowest BCUT2D eigenvalue weighted by Crippen LogP contribution is -2.56. The minimum absolute atomic E-state index is 0.0273. The molecule has 2 aliphatic rings. The number of rotatable bonds is 4. The van der Waals surface area contributed by atoms with E-state index in [1.54, 1.807) is 30.1 Å². The van der Waals surface area contributed by atoms with Crippen LogP contribution in [0.5, 0.6) is 0 Å². The second kappa shape index (κ2) is 7.87. The van der Waals surface area contributed by atoms with Gasteiger partial charge in [0.1, 0.15) is 5.52 Å². The number of likely N-dealkylation sites (tertiary alicyclic amines) is 1. The Labute approximate surface area is 168 Å². The first-order valence-electron chi connectivity index (χ1n) is 9.63. The number of aromatic nitrogens is 1. The number of hydrogen-bond donors (Lipinski definition) is 2. The van der Waals surface area contributed by atoms with Crippen molar-refractivity contribution in [1.29, 1.82) is 0 Å². The van der Waals surface area contributed by atoms with Crippen molar-refractivity contribution in [3.63, 3.8) is 0 Å². The highest BCUT2D eigenvalue weighted by atomic mass is 35.5. The van der Waals surface area contributed by atoms with Crippen molar-refractivity contribution in [2.75, 3.05) is 20.1 Å². The molecule has 0 spiro atoms. The summed E-state index contributed by atoms with van der Waals surface area (Å²) >= 11 is 6.06. The Balaban J connectivity index is 1.44. The zero-order valence-electron chi connectivity index (χ0n) is 15.8. The predicted octanol–water partition coefficient (Wildman–Crippen LogP) is 2.96. The molecule has 2 fully saturated rings. The van der Waals surface area contributed by atoms with Crippen LogP contribution in [0.25, 0.3) is 10.9 Å². The smallest absolute Gasteiger partial charge is 0.318 e. The quantitative estimate of drug-likeness (QED) is 0.818. The topological polar surface area (TPSA) is 90.7 Å². The van der Waals surface area contributed by atoms with Gasteiger partial charge in [0.2, 0.25) is 0 Å². The first-order chi connectivity index (χ1) is 13.6. The molecule has 8 nitrogen and oxygen atoms in total. The third kappa shape index (κ3) is 3.87. The van der Waals surface area contributed by atoms with Crippen LogP contribution in [0.1, 0.15) is 31.4 Å². The molecule has 2 aromatic rings. The molecular formula is C19H24ClN5O3. The van der Waals surface area contributed by atoms with Crippen LogP contribution in [0.2, 0.25) is 5.02 Å². The summed E-state index contributed by atoms with van der Waals surface area (Å²) in [5, 5.41) is 11.0. The van der Waals surface area contributed by atoms with E-state index in [1.165, 1.54) is 0 Å². The molecule has 1 aliphatic heterocycles. The van der Waals surface area contributed by atoms with Crippen molar-refractivity contribution in [3.8, 4) is 0 Å². The summed E-state index contributed by atoms with van der Waals surface area (Å²) < 4.78 is 5.38. The SMILES string of the molecule is CNC(=O)N1CCCC(N(C(=O)NCc2onc3ccc(Cl)cc23)C2CC2)C1. The molecule has 1 atom stereocenters. The van der Waals surface area contributed by atoms with E-state index < -0.39 is 0 Å². The van der Waals surface area contributed by atoms with Crippen molar-refractivity contribution in [3.05, 3.63) is 29.0 Å². The molecule has 1 saturated heterocycles. The van der Waals surface area contributed by atoms with Gasteiger partial charge in [-0.15, -0.1) is 0 Å².